The lowest BCUT2D eigenvalue weighted by atomic mass is 9.63. The SMILES string of the molecule is C=C1C[C@@H]2CN3CCc4c([nH]c5cc(OC)ccc45)[C@H]3C[C@@H]2[C@H](C(=O)OC)[C@H]1OC. The Balaban J connectivity index is 1.53. The molecular formula is C24H30N2O4. The molecule has 3 heterocycles. The summed E-state index contributed by atoms with van der Waals surface area (Å²) in [4.78, 5) is 19.1. The lowest BCUT2D eigenvalue weighted by molar-refractivity contribution is -0.158. The number of methoxy groups -OCH3 is 3. The van der Waals surface area contributed by atoms with Crippen LogP contribution in [-0.4, -0.2) is 56.4 Å². The molecule has 2 aliphatic heterocycles. The highest BCUT2D eigenvalue weighted by molar-refractivity contribution is 5.86. The number of nitrogens with one attached hydrogen (secondary N) is 1. The standard InChI is InChI=1S/C24H30N2O4/c1-13-9-14-12-26-8-7-17-16-6-5-15(28-2)10-19(16)25-22(17)20(26)11-18(14)21(23(13)29-3)24(27)30-4/h5-6,10,14,18,20-21,23,25H,1,7-9,11-12H2,2-4H3/t14-,18+,20-,21+,23+/m1/s1. The normalized spacial score (nSPS) is 31.0. The van der Waals surface area contributed by atoms with Gasteiger partial charge in [-0.15, -0.1) is 0 Å². The van der Waals surface area contributed by atoms with Gasteiger partial charge in [0.25, 0.3) is 0 Å². The molecule has 0 bridgehead atoms. The molecule has 1 aromatic carbocycles. The minimum absolute atomic E-state index is 0.177. The van der Waals surface area contributed by atoms with Gasteiger partial charge in [-0.2, -0.15) is 0 Å². The number of aromatic amines is 1. The zero-order chi connectivity index (χ0) is 21.0. The van der Waals surface area contributed by atoms with Crippen LogP contribution in [0.4, 0.5) is 0 Å². The van der Waals surface area contributed by atoms with Crippen LogP contribution in [0.25, 0.3) is 10.9 Å². The fourth-order valence-electron chi connectivity index (χ4n) is 6.24. The van der Waals surface area contributed by atoms with E-state index in [0.717, 1.165) is 49.2 Å². The summed E-state index contributed by atoms with van der Waals surface area (Å²) in [6.07, 6.45) is 2.61. The van der Waals surface area contributed by atoms with E-state index < -0.39 is 0 Å². The second kappa shape index (κ2) is 7.43. The maximum Gasteiger partial charge on any atom is 0.311 e. The predicted octanol–water partition coefficient (Wildman–Crippen LogP) is 3.48. The van der Waals surface area contributed by atoms with E-state index >= 15 is 0 Å². The predicted molar refractivity (Wildman–Crippen MR) is 115 cm³/mol. The molecule has 5 rings (SSSR count). The summed E-state index contributed by atoms with van der Waals surface area (Å²) in [5.74, 6) is 1.03. The minimum Gasteiger partial charge on any atom is -0.497 e. The van der Waals surface area contributed by atoms with Crippen LogP contribution in [0.1, 0.15) is 30.1 Å². The molecule has 1 aromatic heterocycles. The van der Waals surface area contributed by atoms with E-state index in [1.54, 1.807) is 14.2 Å². The molecule has 0 radical (unpaired) electrons. The van der Waals surface area contributed by atoms with E-state index in [1.807, 2.05) is 6.07 Å². The maximum absolute atomic E-state index is 12.8. The Kier molecular flexibility index (Phi) is 4.86. The molecule has 0 unspecified atom stereocenters. The second-order valence-electron chi connectivity index (χ2n) is 8.92. The topological polar surface area (TPSA) is 63.8 Å². The van der Waals surface area contributed by atoms with Crippen molar-refractivity contribution in [2.24, 2.45) is 17.8 Å². The first kappa shape index (κ1) is 19.6. The molecule has 2 fully saturated rings. The third-order valence-electron chi connectivity index (χ3n) is 7.58. The van der Waals surface area contributed by atoms with Crippen molar-refractivity contribution < 1.29 is 19.0 Å². The quantitative estimate of drug-likeness (QED) is 0.620. The van der Waals surface area contributed by atoms with E-state index in [2.05, 4.69) is 28.6 Å². The number of nitrogens with zero attached hydrogens (tertiary/aromatic N) is 1. The Morgan fingerprint density at radius 1 is 1.27 bits per heavy atom. The molecule has 2 aromatic rings. The maximum atomic E-state index is 12.8. The van der Waals surface area contributed by atoms with Crippen LogP contribution in [-0.2, 0) is 20.7 Å². The molecule has 6 heteroatoms. The van der Waals surface area contributed by atoms with Crippen LogP contribution in [0.15, 0.2) is 30.4 Å². The molecule has 160 valence electrons. The highest BCUT2D eigenvalue weighted by atomic mass is 16.5. The summed E-state index contributed by atoms with van der Waals surface area (Å²) in [6, 6.07) is 6.55. The molecule has 1 saturated heterocycles. The monoisotopic (exact) mass is 410 g/mol. The molecule has 1 saturated carbocycles. The van der Waals surface area contributed by atoms with Gasteiger partial charge in [0.2, 0.25) is 0 Å². The summed E-state index contributed by atoms with van der Waals surface area (Å²) in [7, 11) is 4.84. The largest absolute Gasteiger partial charge is 0.497 e. The van der Waals surface area contributed by atoms with Crippen molar-refractivity contribution in [3.63, 3.8) is 0 Å². The number of carbonyl (C=O) groups is 1. The van der Waals surface area contributed by atoms with Crippen LogP contribution in [0.3, 0.4) is 0 Å². The fourth-order valence-corrected chi connectivity index (χ4v) is 6.24. The third-order valence-corrected chi connectivity index (χ3v) is 7.58. The Bertz CT molecular complexity index is 996. The van der Waals surface area contributed by atoms with Gasteiger partial charge in [-0.1, -0.05) is 6.58 Å². The van der Waals surface area contributed by atoms with Gasteiger partial charge in [-0.3, -0.25) is 9.69 Å². The molecule has 0 spiro atoms. The van der Waals surface area contributed by atoms with E-state index in [9.17, 15) is 4.79 Å². The number of hydrogen-bond acceptors (Lipinski definition) is 5. The van der Waals surface area contributed by atoms with E-state index in [4.69, 9.17) is 14.2 Å². The van der Waals surface area contributed by atoms with Gasteiger partial charge < -0.3 is 19.2 Å². The number of piperidine rings is 1. The first-order valence-corrected chi connectivity index (χ1v) is 10.8. The van der Waals surface area contributed by atoms with Gasteiger partial charge in [0.1, 0.15) is 5.75 Å². The van der Waals surface area contributed by atoms with Crippen LogP contribution >= 0.6 is 0 Å². The molecule has 5 atom stereocenters. The van der Waals surface area contributed by atoms with Gasteiger partial charge in [-0.05, 0) is 54.4 Å². The molecular weight excluding hydrogens is 380 g/mol. The lowest BCUT2D eigenvalue weighted by Gasteiger charge is -2.51. The molecule has 0 amide bonds. The minimum atomic E-state index is -0.289. The van der Waals surface area contributed by atoms with Gasteiger partial charge in [0.15, 0.2) is 0 Å². The van der Waals surface area contributed by atoms with Gasteiger partial charge >= 0.3 is 5.97 Å². The number of carbonyl (C=O) groups excluding carboxylic acids is 1. The van der Waals surface area contributed by atoms with Crippen molar-refractivity contribution >= 4 is 16.9 Å². The number of fused-ring (bicyclic) bond motifs is 6. The van der Waals surface area contributed by atoms with Crippen molar-refractivity contribution in [3.8, 4) is 5.75 Å². The van der Waals surface area contributed by atoms with Crippen molar-refractivity contribution in [1.29, 1.82) is 0 Å². The fraction of sp³-hybridized carbons (Fsp3) is 0.542. The van der Waals surface area contributed by atoms with Gasteiger partial charge in [0, 0.05) is 42.9 Å². The first-order chi connectivity index (χ1) is 14.5. The van der Waals surface area contributed by atoms with Crippen molar-refractivity contribution in [3.05, 3.63) is 41.6 Å². The highest BCUT2D eigenvalue weighted by Gasteiger charge is 2.51. The van der Waals surface area contributed by atoms with Crippen molar-refractivity contribution in [1.82, 2.24) is 9.88 Å². The van der Waals surface area contributed by atoms with Crippen molar-refractivity contribution in [2.45, 2.75) is 31.4 Å². The van der Waals surface area contributed by atoms with Crippen LogP contribution < -0.4 is 4.74 Å². The molecule has 1 N–H and O–H groups in total. The Morgan fingerprint density at radius 2 is 2.10 bits per heavy atom. The molecule has 6 nitrogen and oxygen atoms in total. The number of aromatic nitrogens is 1. The smallest absolute Gasteiger partial charge is 0.311 e. The second-order valence-corrected chi connectivity index (χ2v) is 8.92. The Labute approximate surface area is 177 Å². The van der Waals surface area contributed by atoms with E-state index in [-0.39, 0.29) is 30.0 Å². The zero-order valence-electron chi connectivity index (χ0n) is 17.9. The summed E-state index contributed by atoms with van der Waals surface area (Å²) in [5.41, 5.74) is 4.85. The number of hydrogen-bond donors (Lipinski definition) is 1. The Morgan fingerprint density at radius 3 is 2.83 bits per heavy atom. The zero-order valence-corrected chi connectivity index (χ0v) is 17.9. The highest BCUT2D eigenvalue weighted by Crippen LogP contribution is 2.50. The number of ether oxygens (including phenoxy) is 3. The molecule has 1 aliphatic carbocycles. The number of rotatable bonds is 3. The first-order valence-electron chi connectivity index (χ1n) is 10.8. The van der Waals surface area contributed by atoms with Crippen LogP contribution in [0.2, 0.25) is 0 Å². The van der Waals surface area contributed by atoms with Crippen molar-refractivity contribution in [2.75, 3.05) is 34.4 Å². The third kappa shape index (κ3) is 2.88. The summed E-state index contributed by atoms with van der Waals surface area (Å²) in [5, 5.41) is 1.28. The van der Waals surface area contributed by atoms with Gasteiger partial charge in [0.05, 0.1) is 32.3 Å². The van der Waals surface area contributed by atoms with Crippen LogP contribution in [0.5, 0.6) is 5.75 Å². The summed E-state index contributed by atoms with van der Waals surface area (Å²) >= 11 is 0. The lowest BCUT2D eigenvalue weighted by Crippen LogP contribution is -2.54. The summed E-state index contributed by atoms with van der Waals surface area (Å²) < 4.78 is 16.3. The average Bonchev–Trinajstić information content (AvgIpc) is 3.14. The van der Waals surface area contributed by atoms with E-state index in [0.29, 0.717) is 5.92 Å². The number of benzene rings is 1. The molecule has 30 heavy (non-hydrogen) atoms. The average molecular weight is 411 g/mol. The Hall–Kier alpha value is -2.31. The molecule has 3 aliphatic rings. The van der Waals surface area contributed by atoms with Crippen LogP contribution in [0, 0.1) is 17.8 Å². The van der Waals surface area contributed by atoms with Gasteiger partial charge in [-0.25, -0.2) is 0 Å². The summed E-state index contributed by atoms with van der Waals surface area (Å²) in [6.45, 7) is 6.27. The van der Waals surface area contributed by atoms with E-state index in [1.165, 1.54) is 23.8 Å². The number of esters is 1. The number of H-pyrrole nitrogens is 1.